The number of nitrogens with two attached hydrogens (primary N) is 1. The maximum absolute atomic E-state index is 11.5. The lowest BCUT2D eigenvalue weighted by molar-refractivity contribution is -0.384. The van der Waals surface area contributed by atoms with Crippen molar-refractivity contribution in [2.24, 2.45) is 11.7 Å². The maximum Gasteiger partial charge on any atom is 0.329 e. The van der Waals surface area contributed by atoms with Crippen molar-refractivity contribution in [3.63, 3.8) is 0 Å². The molecule has 9 heteroatoms. The number of piperidine rings is 1. The van der Waals surface area contributed by atoms with Crippen LogP contribution in [-0.4, -0.2) is 34.5 Å². The van der Waals surface area contributed by atoms with E-state index < -0.39 is 4.92 Å². The highest BCUT2D eigenvalue weighted by atomic mass is 16.6. The standard InChI is InChI=1S/C25H31N7O2/c1-17-21(6-3-7-22(17)20-5-2-4-19(12-20)13-26)15-29-25-30-16-23(32(33)34)24(31-25)28-14-18-8-10-27-11-9-18/h2-7,12,16,18,27H,8-11,13-15,26H2,1H3,(H2,28,29,30,31). The zero-order valence-corrected chi connectivity index (χ0v) is 19.4. The van der Waals surface area contributed by atoms with E-state index in [1.165, 1.54) is 6.20 Å². The van der Waals surface area contributed by atoms with Crippen LogP contribution in [0.4, 0.5) is 17.5 Å². The van der Waals surface area contributed by atoms with Gasteiger partial charge < -0.3 is 21.7 Å². The summed E-state index contributed by atoms with van der Waals surface area (Å²) in [5.41, 5.74) is 11.3. The summed E-state index contributed by atoms with van der Waals surface area (Å²) in [5.74, 6) is 1.08. The van der Waals surface area contributed by atoms with Crippen LogP contribution < -0.4 is 21.7 Å². The minimum Gasteiger partial charge on any atom is -0.364 e. The smallest absolute Gasteiger partial charge is 0.329 e. The average molecular weight is 462 g/mol. The predicted molar refractivity (Wildman–Crippen MR) is 135 cm³/mol. The van der Waals surface area contributed by atoms with Gasteiger partial charge in [-0.05, 0) is 72.7 Å². The molecule has 0 amide bonds. The van der Waals surface area contributed by atoms with Crippen LogP contribution >= 0.6 is 0 Å². The predicted octanol–water partition coefficient (Wildman–Crippen LogP) is 3.84. The molecular formula is C25H31N7O2. The molecular weight excluding hydrogens is 430 g/mol. The van der Waals surface area contributed by atoms with E-state index in [-0.39, 0.29) is 11.5 Å². The first-order valence-electron chi connectivity index (χ1n) is 11.6. The van der Waals surface area contributed by atoms with E-state index in [4.69, 9.17) is 5.73 Å². The second-order valence-corrected chi connectivity index (χ2v) is 8.61. The zero-order valence-electron chi connectivity index (χ0n) is 19.4. The molecule has 178 valence electrons. The van der Waals surface area contributed by atoms with E-state index in [9.17, 15) is 10.1 Å². The Hall–Kier alpha value is -3.56. The molecule has 5 N–H and O–H groups in total. The van der Waals surface area contributed by atoms with Crippen molar-refractivity contribution in [2.75, 3.05) is 30.3 Å². The molecule has 0 spiro atoms. The van der Waals surface area contributed by atoms with Gasteiger partial charge in [0.25, 0.3) is 0 Å². The van der Waals surface area contributed by atoms with Crippen molar-refractivity contribution < 1.29 is 4.92 Å². The number of benzene rings is 2. The summed E-state index contributed by atoms with van der Waals surface area (Å²) in [6.07, 6.45) is 3.35. The van der Waals surface area contributed by atoms with E-state index in [2.05, 4.69) is 57.1 Å². The van der Waals surface area contributed by atoms with Gasteiger partial charge in [-0.15, -0.1) is 0 Å². The minimum atomic E-state index is -0.447. The van der Waals surface area contributed by atoms with E-state index in [1.807, 2.05) is 18.2 Å². The van der Waals surface area contributed by atoms with Crippen molar-refractivity contribution >= 4 is 17.5 Å². The summed E-state index contributed by atoms with van der Waals surface area (Å²) in [6, 6.07) is 14.4. The van der Waals surface area contributed by atoms with Crippen LogP contribution in [0.2, 0.25) is 0 Å². The van der Waals surface area contributed by atoms with Gasteiger partial charge in [0.1, 0.15) is 6.20 Å². The fraction of sp³-hybridized carbons (Fsp3) is 0.360. The minimum absolute atomic E-state index is 0.113. The van der Waals surface area contributed by atoms with E-state index in [1.54, 1.807) is 0 Å². The zero-order chi connectivity index (χ0) is 23.9. The molecule has 4 rings (SSSR count). The number of nitrogens with zero attached hydrogens (tertiary/aromatic N) is 3. The molecule has 34 heavy (non-hydrogen) atoms. The van der Waals surface area contributed by atoms with Crippen molar-refractivity contribution in [1.82, 2.24) is 15.3 Å². The van der Waals surface area contributed by atoms with Crippen LogP contribution in [0.25, 0.3) is 11.1 Å². The molecule has 0 aliphatic carbocycles. The largest absolute Gasteiger partial charge is 0.364 e. The molecule has 0 bridgehead atoms. The highest BCUT2D eigenvalue weighted by Crippen LogP contribution is 2.28. The van der Waals surface area contributed by atoms with Gasteiger partial charge in [-0.1, -0.05) is 36.4 Å². The third kappa shape index (κ3) is 5.67. The highest BCUT2D eigenvalue weighted by molar-refractivity contribution is 5.69. The summed E-state index contributed by atoms with van der Waals surface area (Å²) in [7, 11) is 0. The molecule has 0 unspecified atom stereocenters. The van der Waals surface area contributed by atoms with Crippen LogP contribution in [0.5, 0.6) is 0 Å². The molecule has 1 aromatic heterocycles. The van der Waals surface area contributed by atoms with Gasteiger partial charge in [-0.25, -0.2) is 4.98 Å². The van der Waals surface area contributed by atoms with Crippen LogP contribution in [0.3, 0.4) is 0 Å². The van der Waals surface area contributed by atoms with Gasteiger partial charge in [0.15, 0.2) is 0 Å². The molecule has 1 aliphatic heterocycles. The molecule has 1 saturated heterocycles. The van der Waals surface area contributed by atoms with Crippen LogP contribution in [-0.2, 0) is 13.1 Å². The number of aromatic nitrogens is 2. The molecule has 2 aromatic carbocycles. The second kappa shape index (κ2) is 11.0. The molecule has 2 heterocycles. The van der Waals surface area contributed by atoms with Gasteiger partial charge in [-0.3, -0.25) is 10.1 Å². The normalized spacial score (nSPS) is 14.1. The molecule has 1 fully saturated rings. The highest BCUT2D eigenvalue weighted by Gasteiger charge is 2.20. The Kier molecular flexibility index (Phi) is 7.66. The number of hydrogen-bond acceptors (Lipinski definition) is 8. The second-order valence-electron chi connectivity index (χ2n) is 8.61. The van der Waals surface area contributed by atoms with E-state index >= 15 is 0 Å². The quantitative estimate of drug-likeness (QED) is 0.279. The first-order valence-corrected chi connectivity index (χ1v) is 11.6. The van der Waals surface area contributed by atoms with Gasteiger partial charge in [0.05, 0.1) is 4.92 Å². The first kappa shape index (κ1) is 23.6. The van der Waals surface area contributed by atoms with Crippen molar-refractivity contribution in [1.29, 1.82) is 0 Å². The number of nitro groups is 1. The summed E-state index contributed by atoms with van der Waals surface area (Å²) < 4.78 is 0. The maximum atomic E-state index is 11.5. The topological polar surface area (TPSA) is 131 Å². The summed E-state index contributed by atoms with van der Waals surface area (Å²) >= 11 is 0. The van der Waals surface area contributed by atoms with Gasteiger partial charge >= 0.3 is 5.69 Å². The van der Waals surface area contributed by atoms with E-state index in [0.29, 0.717) is 31.5 Å². The Morgan fingerprint density at radius 3 is 2.74 bits per heavy atom. The van der Waals surface area contributed by atoms with Crippen molar-refractivity contribution in [3.05, 3.63) is 75.5 Å². The lowest BCUT2D eigenvalue weighted by Gasteiger charge is -2.22. The Bertz CT molecular complexity index is 1150. The molecule has 3 aromatic rings. The van der Waals surface area contributed by atoms with Crippen LogP contribution in [0, 0.1) is 23.0 Å². The summed E-state index contributed by atoms with van der Waals surface area (Å²) in [4.78, 5) is 19.6. The van der Waals surface area contributed by atoms with Crippen LogP contribution in [0.1, 0.15) is 29.5 Å². The third-order valence-electron chi connectivity index (χ3n) is 6.34. The monoisotopic (exact) mass is 461 g/mol. The molecule has 9 nitrogen and oxygen atoms in total. The summed E-state index contributed by atoms with van der Waals surface area (Å²) in [6.45, 7) is 5.69. The fourth-order valence-electron chi connectivity index (χ4n) is 4.28. The third-order valence-corrected chi connectivity index (χ3v) is 6.34. The average Bonchev–Trinajstić information content (AvgIpc) is 2.87. The lowest BCUT2D eigenvalue weighted by Crippen LogP contribution is -2.31. The van der Waals surface area contributed by atoms with Gasteiger partial charge in [-0.2, -0.15) is 4.98 Å². The Morgan fingerprint density at radius 2 is 1.97 bits per heavy atom. The van der Waals surface area contributed by atoms with Crippen molar-refractivity contribution in [2.45, 2.75) is 32.9 Å². The number of nitrogens with one attached hydrogen (secondary N) is 3. The Morgan fingerprint density at radius 1 is 1.18 bits per heavy atom. The number of hydrogen-bond donors (Lipinski definition) is 4. The first-order chi connectivity index (χ1) is 16.5. The summed E-state index contributed by atoms with van der Waals surface area (Å²) in [5, 5.41) is 21.2. The van der Waals surface area contributed by atoms with Crippen molar-refractivity contribution in [3.8, 4) is 11.1 Å². The molecule has 0 saturated carbocycles. The van der Waals surface area contributed by atoms with Gasteiger partial charge in [0, 0.05) is 19.6 Å². The van der Waals surface area contributed by atoms with E-state index in [0.717, 1.165) is 53.7 Å². The van der Waals surface area contributed by atoms with Crippen LogP contribution in [0.15, 0.2) is 48.7 Å². The molecule has 1 aliphatic rings. The fourth-order valence-corrected chi connectivity index (χ4v) is 4.28. The molecule has 0 radical (unpaired) electrons. The Balaban J connectivity index is 1.49. The number of anilines is 2. The Labute approximate surface area is 199 Å². The lowest BCUT2D eigenvalue weighted by atomic mass is 9.95. The van der Waals surface area contributed by atoms with Gasteiger partial charge in [0.2, 0.25) is 11.8 Å². The molecule has 0 atom stereocenters. The number of rotatable bonds is 9. The SMILES string of the molecule is Cc1c(CNc2ncc([N+](=O)[O-])c(NCC3CCNCC3)n2)cccc1-c1cccc(CN)c1.